The van der Waals surface area contributed by atoms with Crippen molar-refractivity contribution in [3.63, 3.8) is 0 Å². The van der Waals surface area contributed by atoms with Gasteiger partial charge < -0.3 is 10.1 Å². The zero-order valence-corrected chi connectivity index (χ0v) is 9.59. The van der Waals surface area contributed by atoms with Crippen molar-refractivity contribution in [3.8, 4) is 0 Å². The van der Waals surface area contributed by atoms with Crippen molar-refractivity contribution < 1.29 is 18.7 Å². The van der Waals surface area contributed by atoms with Crippen LogP contribution in [0.15, 0.2) is 0 Å². The summed E-state index contributed by atoms with van der Waals surface area (Å²) >= 11 is 0. The van der Waals surface area contributed by atoms with Crippen LogP contribution in [-0.2, 0) is 9.53 Å². The molecule has 88 valence electrons. The van der Waals surface area contributed by atoms with Crippen molar-refractivity contribution in [2.24, 2.45) is 0 Å². The zero-order chi connectivity index (χ0) is 12.1. The molecule has 5 heteroatoms. The van der Waals surface area contributed by atoms with Crippen LogP contribution in [0.3, 0.4) is 0 Å². The summed E-state index contributed by atoms with van der Waals surface area (Å²) < 4.78 is 17.3. The molecule has 1 atom stereocenters. The van der Waals surface area contributed by atoms with Crippen LogP contribution in [0.2, 0.25) is 0 Å². The van der Waals surface area contributed by atoms with Gasteiger partial charge in [0, 0.05) is 0 Å². The predicted octanol–water partition coefficient (Wildman–Crippen LogP) is 2.18. The molecular formula is C10H18FNO3. The van der Waals surface area contributed by atoms with Crippen LogP contribution in [0.4, 0.5) is 9.18 Å². The molecule has 0 fully saturated rings. The minimum absolute atomic E-state index is 0.272. The minimum Gasteiger partial charge on any atom is -0.444 e. The number of ether oxygens (including phenoxy) is 1. The van der Waals surface area contributed by atoms with Crippen molar-refractivity contribution in [2.45, 2.75) is 52.2 Å². The standard InChI is InChI=1S/C10H18FNO3/c1-5-6-7(8(11)13)12-9(14)15-10(2,3)4/h7H,5-6H2,1-4H3,(H,12,14)/t7-/m1/s1. The van der Waals surface area contributed by atoms with E-state index in [1.165, 1.54) is 0 Å². The van der Waals surface area contributed by atoms with Crippen molar-refractivity contribution in [1.82, 2.24) is 5.32 Å². The van der Waals surface area contributed by atoms with E-state index < -0.39 is 23.8 Å². The summed E-state index contributed by atoms with van der Waals surface area (Å²) in [5.74, 6) is 0. The Balaban J connectivity index is 4.18. The van der Waals surface area contributed by atoms with Gasteiger partial charge in [0.2, 0.25) is 0 Å². The van der Waals surface area contributed by atoms with Gasteiger partial charge in [0.25, 0.3) is 0 Å². The second-order valence-corrected chi connectivity index (χ2v) is 4.29. The number of nitrogens with one attached hydrogen (secondary N) is 1. The number of halogens is 1. The maximum Gasteiger partial charge on any atom is 0.408 e. The molecule has 0 aliphatic carbocycles. The van der Waals surface area contributed by atoms with E-state index in [1.54, 1.807) is 27.7 Å². The van der Waals surface area contributed by atoms with E-state index in [2.05, 4.69) is 5.32 Å². The van der Waals surface area contributed by atoms with Crippen molar-refractivity contribution in [2.75, 3.05) is 0 Å². The van der Waals surface area contributed by atoms with Gasteiger partial charge in [0.1, 0.15) is 11.6 Å². The molecule has 0 aliphatic heterocycles. The fourth-order valence-electron chi connectivity index (χ4n) is 0.981. The quantitative estimate of drug-likeness (QED) is 0.737. The smallest absolute Gasteiger partial charge is 0.408 e. The van der Waals surface area contributed by atoms with Crippen LogP contribution >= 0.6 is 0 Å². The molecule has 0 unspecified atom stereocenters. The first-order chi connectivity index (χ1) is 6.76. The molecule has 0 saturated carbocycles. The average molecular weight is 219 g/mol. The highest BCUT2D eigenvalue weighted by Crippen LogP contribution is 2.08. The van der Waals surface area contributed by atoms with E-state index in [-0.39, 0.29) is 6.42 Å². The number of carbonyl (C=O) groups excluding carboxylic acids is 2. The van der Waals surface area contributed by atoms with Crippen molar-refractivity contribution in [1.29, 1.82) is 0 Å². The molecule has 0 aromatic heterocycles. The van der Waals surface area contributed by atoms with Gasteiger partial charge in [-0.3, -0.25) is 4.79 Å². The minimum atomic E-state index is -1.54. The van der Waals surface area contributed by atoms with Gasteiger partial charge in [-0.25, -0.2) is 4.79 Å². The third kappa shape index (κ3) is 6.88. The van der Waals surface area contributed by atoms with Gasteiger partial charge in [-0.05, 0) is 27.2 Å². The molecule has 0 heterocycles. The molecule has 0 saturated heterocycles. The summed E-state index contributed by atoms with van der Waals surface area (Å²) in [5.41, 5.74) is -0.653. The zero-order valence-electron chi connectivity index (χ0n) is 9.59. The SMILES string of the molecule is CCC[C@@H](NC(=O)OC(C)(C)C)C(=O)F. The van der Waals surface area contributed by atoms with Crippen LogP contribution in [0.25, 0.3) is 0 Å². The van der Waals surface area contributed by atoms with E-state index in [1.807, 2.05) is 0 Å². The second kappa shape index (κ2) is 5.68. The van der Waals surface area contributed by atoms with Crippen LogP contribution in [0, 0.1) is 0 Å². The number of carbonyl (C=O) groups is 2. The molecule has 4 nitrogen and oxygen atoms in total. The molecule has 0 aromatic rings. The summed E-state index contributed by atoms with van der Waals surface area (Å²) in [5, 5.41) is 2.19. The molecular weight excluding hydrogens is 201 g/mol. The van der Waals surface area contributed by atoms with E-state index >= 15 is 0 Å². The molecule has 0 rings (SSSR count). The highest BCUT2D eigenvalue weighted by atomic mass is 19.1. The molecule has 1 amide bonds. The number of amides is 1. The molecule has 0 aromatic carbocycles. The fourth-order valence-corrected chi connectivity index (χ4v) is 0.981. The second-order valence-electron chi connectivity index (χ2n) is 4.29. The first kappa shape index (κ1) is 13.9. The first-order valence-corrected chi connectivity index (χ1v) is 4.95. The Labute approximate surface area is 89.2 Å². The van der Waals surface area contributed by atoms with Gasteiger partial charge in [-0.15, -0.1) is 0 Å². The van der Waals surface area contributed by atoms with Crippen LogP contribution in [0.1, 0.15) is 40.5 Å². The predicted molar refractivity (Wildman–Crippen MR) is 54.2 cm³/mol. The maximum absolute atomic E-state index is 12.4. The van der Waals surface area contributed by atoms with Crippen LogP contribution in [0.5, 0.6) is 0 Å². The first-order valence-electron chi connectivity index (χ1n) is 4.95. The lowest BCUT2D eigenvalue weighted by molar-refractivity contribution is -0.131. The topological polar surface area (TPSA) is 55.4 Å². The lowest BCUT2D eigenvalue weighted by Crippen LogP contribution is -2.42. The Hall–Kier alpha value is -1.13. The van der Waals surface area contributed by atoms with Gasteiger partial charge in [0.15, 0.2) is 0 Å². The van der Waals surface area contributed by atoms with Gasteiger partial charge in [-0.1, -0.05) is 13.3 Å². The molecule has 0 aliphatic rings. The number of hydrogen-bond donors (Lipinski definition) is 1. The maximum atomic E-state index is 12.4. The van der Waals surface area contributed by atoms with Crippen molar-refractivity contribution in [3.05, 3.63) is 0 Å². The Bertz CT molecular complexity index is 235. The molecule has 0 bridgehead atoms. The number of hydrogen-bond acceptors (Lipinski definition) is 3. The third-order valence-corrected chi connectivity index (χ3v) is 1.54. The van der Waals surface area contributed by atoms with Crippen LogP contribution < -0.4 is 5.32 Å². The van der Waals surface area contributed by atoms with Crippen LogP contribution in [-0.4, -0.2) is 23.8 Å². The van der Waals surface area contributed by atoms with E-state index in [0.29, 0.717) is 6.42 Å². The average Bonchev–Trinajstić information content (AvgIpc) is 1.99. The van der Waals surface area contributed by atoms with Crippen molar-refractivity contribution >= 4 is 12.1 Å². The highest BCUT2D eigenvalue weighted by molar-refractivity contribution is 5.80. The summed E-state index contributed by atoms with van der Waals surface area (Å²) in [6.07, 6.45) is 0.108. The number of alkyl carbamates (subject to hydrolysis) is 1. The Kier molecular flexibility index (Phi) is 5.25. The van der Waals surface area contributed by atoms with E-state index in [9.17, 15) is 14.0 Å². The summed E-state index contributed by atoms with van der Waals surface area (Å²) in [6.45, 7) is 6.88. The Morgan fingerprint density at radius 1 is 1.40 bits per heavy atom. The largest absolute Gasteiger partial charge is 0.444 e. The lowest BCUT2D eigenvalue weighted by Gasteiger charge is -2.21. The monoisotopic (exact) mass is 219 g/mol. The summed E-state index contributed by atoms with van der Waals surface area (Å²) in [6, 6.07) is -2.63. The number of rotatable bonds is 4. The van der Waals surface area contributed by atoms with E-state index in [0.717, 1.165) is 0 Å². The Morgan fingerprint density at radius 3 is 2.27 bits per heavy atom. The molecule has 1 N–H and O–H groups in total. The molecule has 15 heavy (non-hydrogen) atoms. The van der Waals surface area contributed by atoms with Gasteiger partial charge >= 0.3 is 12.1 Å². The van der Waals surface area contributed by atoms with Gasteiger partial charge in [0.05, 0.1) is 0 Å². The summed E-state index contributed by atoms with van der Waals surface area (Å²) in [4.78, 5) is 21.7. The third-order valence-electron chi connectivity index (χ3n) is 1.54. The molecule has 0 spiro atoms. The Morgan fingerprint density at radius 2 is 1.93 bits per heavy atom. The highest BCUT2D eigenvalue weighted by Gasteiger charge is 2.23. The van der Waals surface area contributed by atoms with E-state index in [4.69, 9.17) is 4.74 Å². The molecule has 0 radical (unpaired) electrons. The normalized spacial score (nSPS) is 13.1. The lowest BCUT2D eigenvalue weighted by atomic mass is 10.2. The summed E-state index contributed by atoms with van der Waals surface area (Å²) in [7, 11) is 0. The van der Waals surface area contributed by atoms with Gasteiger partial charge in [-0.2, -0.15) is 4.39 Å². The fraction of sp³-hybridized carbons (Fsp3) is 0.800.